The van der Waals surface area contributed by atoms with Crippen LogP contribution in [0.4, 0.5) is 11.4 Å². The van der Waals surface area contributed by atoms with Crippen molar-refractivity contribution in [3.05, 3.63) is 64.2 Å². The van der Waals surface area contributed by atoms with Gasteiger partial charge >= 0.3 is 0 Å². The van der Waals surface area contributed by atoms with E-state index >= 15 is 0 Å². The van der Waals surface area contributed by atoms with Crippen LogP contribution >= 0.6 is 0 Å². The highest BCUT2D eigenvalue weighted by Gasteiger charge is 2.09. The number of amides is 2. The fourth-order valence-electron chi connectivity index (χ4n) is 1.92. The molecule has 2 N–H and O–H groups in total. The molecule has 0 unspecified atom stereocenters. The van der Waals surface area contributed by atoms with Crippen LogP contribution in [0.3, 0.4) is 0 Å². The number of non-ortho nitro benzene ring substituents is 1. The summed E-state index contributed by atoms with van der Waals surface area (Å²) in [4.78, 5) is 33.6. The molecule has 0 aliphatic heterocycles. The highest BCUT2D eigenvalue weighted by Crippen LogP contribution is 2.19. The monoisotopic (exact) mass is 329 g/mol. The maximum Gasteiger partial charge on any atom is 0.273 e. The first-order chi connectivity index (χ1) is 11.5. The molecule has 0 heterocycles. The average Bonchev–Trinajstić information content (AvgIpc) is 2.59. The van der Waals surface area contributed by atoms with Gasteiger partial charge in [0, 0.05) is 24.4 Å². The number of hydrogen-bond donors (Lipinski definition) is 2. The Morgan fingerprint density at radius 1 is 1.17 bits per heavy atom. The van der Waals surface area contributed by atoms with Crippen LogP contribution in [0.25, 0.3) is 0 Å². The van der Waals surface area contributed by atoms with E-state index in [1.807, 2.05) is 0 Å². The van der Waals surface area contributed by atoms with E-state index in [1.54, 1.807) is 18.2 Å². The van der Waals surface area contributed by atoms with Gasteiger partial charge in [-0.15, -0.1) is 0 Å². The van der Waals surface area contributed by atoms with Gasteiger partial charge in [-0.1, -0.05) is 12.1 Å². The molecule has 124 valence electrons. The second kappa shape index (κ2) is 7.73. The highest BCUT2D eigenvalue weighted by molar-refractivity contribution is 5.97. The third-order valence-electron chi connectivity index (χ3n) is 3.03. The second-order valence-corrected chi connectivity index (χ2v) is 4.75. The standard InChI is InChI=1S/C16H15N3O5/c1-17-16(21)11-4-2-5-12(8-11)18-15(20)10-24-14-7-3-6-13(9-14)19(22)23/h2-9H,10H2,1H3,(H,17,21)(H,18,20). The molecular weight excluding hydrogens is 314 g/mol. The molecule has 2 aromatic carbocycles. The molecule has 0 fully saturated rings. The first-order valence-electron chi connectivity index (χ1n) is 6.99. The van der Waals surface area contributed by atoms with Gasteiger partial charge in [-0.2, -0.15) is 0 Å². The fraction of sp³-hybridized carbons (Fsp3) is 0.125. The van der Waals surface area contributed by atoms with Crippen LogP contribution in [0, 0.1) is 10.1 Å². The highest BCUT2D eigenvalue weighted by atomic mass is 16.6. The molecule has 8 nitrogen and oxygen atoms in total. The summed E-state index contributed by atoms with van der Waals surface area (Å²) < 4.78 is 5.23. The number of benzene rings is 2. The van der Waals surface area contributed by atoms with Gasteiger partial charge in [-0.05, 0) is 24.3 Å². The molecule has 8 heteroatoms. The van der Waals surface area contributed by atoms with Gasteiger partial charge in [-0.25, -0.2) is 0 Å². The summed E-state index contributed by atoms with van der Waals surface area (Å²) >= 11 is 0. The summed E-state index contributed by atoms with van der Waals surface area (Å²) in [5.74, 6) is -0.493. The van der Waals surface area contributed by atoms with Crippen molar-refractivity contribution in [2.45, 2.75) is 0 Å². The van der Waals surface area contributed by atoms with Crippen molar-refractivity contribution in [1.29, 1.82) is 0 Å². The zero-order valence-electron chi connectivity index (χ0n) is 12.8. The van der Waals surface area contributed by atoms with Crippen LogP contribution in [-0.2, 0) is 4.79 Å². The van der Waals surface area contributed by atoms with E-state index in [0.29, 0.717) is 11.3 Å². The largest absolute Gasteiger partial charge is 0.484 e. The second-order valence-electron chi connectivity index (χ2n) is 4.75. The molecule has 0 spiro atoms. The van der Waals surface area contributed by atoms with Crippen molar-refractivity contribution >= 4 is 23.2 Å². The summed E-state index contributed by atoms with van der Waals surface area (Å²) in [6.45, 7) is -0.314. The summed E-state index contributed by atoms with van der Waals surface area (Å²) in [7, 11) is 1.51. The maximum atomic E-state index is 11.9. The number of nitro groups is 1. The van der Waals surface area contributed by atoms with Crippen molar-refractivity contribution in [2.75, 3.05) is 19.0 Å². The van der Waals surface area contributed by atoms with E-state index in [1.165, 1.54) is 37.4 Å². The predicted molar refractivity (Wildman–Crippen MR) is 87.1 cm³/mol. The first-order valence-corrected chi connectivity index (χ1v) is 6.99. The number of nitrogens with one attached hydrogen (secondary N) is 2. The molecule has 0 aliphatic rings. The zero-order valence-corrected chi connectivity index (χ0v) is 12.8. The lowest BCUT2D eigenvalue weighted by Gasteiger charge is -2.08. The number of carbonyl (C=O) groups is 2. The van der Waals surface area contributed by atoms with Crippen molar-refractivity contribution in [2.24, 2.45) is 0 Å². The molecule has 24 heavy (non-hydrogen) atoms. The summed E-state index contributed by atoms with van der Waals surface area (Å²) in [5.41, 5.74) is 0.741. The fourth-order valence-corrected chi connectivity index (χ4v) is 1.92. The van der Waals surface area contributed by atoms with Crippen LogP contribution in [-0.4, -0.2) is 30.4 Å². The Morgan fingerprint density at radius 2 is 1.92 bits per heavy atom. The molecule has 0 saturated carbocycles. The molecule has 0 saturated heterocycles. The summed E-state index contributed by atoms with van der Waals surface area (Å²) in [5, 5.41) is 15.8. The number of nitrogens with zero attached hydrogens (tertiary/aromatic N) is 1. The van der Waals surface area contributed by atoms with Crippen molar-refractivity contribution in [3.8, 4) is 5.75 Å². The van der Waals surface area contributed by atoms with Gasteiger partial charge in [-0.3, -0.25) is 19.7 Å². The number of carbonyl (C=O) groups excluding carboxylic acids is 2. The maximum absolute atomic E-state index is 11.9. The van der Waals surface area contributed by atoms with E-state index in [-0.39, 0.29) is 24.0 Å². The van der Waals surface area contributed by atoms with E-state index in [4.69, 9.17) is 4.74 Å². The quantitative estimate of drug-likeness (QED) is 0.622. The lowest BCUT2D eigenvalue weighted by atomic mass is 10.2. The molecule has 0 bridgehead atoms. The minimum absolute atomic E-state index is 0.119. The SMILES string of the molecule is CNC(=O)c1cccc(NC(=O)COc2cccc([N+](=O)[O-])c2)c1. The molecular formula is C16H15N3O5. The van der Waals surface area contributed by atoms with E-state index in [0.717, 1.165) is 0 Å². The Labute approximate surface area is 137 Å². The Kier molecular flexibility index (Phi) is 5.45. The van der Waals surface area contributed by atoms with Gasteiger partial charge in [0.1, 0.15) is 5.75 Å². The van der Waals surface area contributed by atoms with Crippen molar-refractivity contribution in [1.82, 2.24) is 5.32 Å². The Bertz CT molecular complexity index is 776. The third-order valence-corrected chi connectivity index (χ3v) is 3.03. The van der Waals surface area contributed by atoms with Gasteiger partial charge in [0.25, 0.3) is 17.5 Å². The topological polar surface area (TPSA) is 111 Å². The number of anilines is 1. The minimum Gasteiger partial charge on any atom is -0.484 e. The van der Waals surface area contributed by atoms with Crippen molar-refractivity contribution < 1.29 is 19.2 Å². The number of nitro benzene ring substituents is 1. The Balaban J connectivity index is 1.95. The molecule has 0 aliphatic carbocycles. The lowest BCUT2D eigenvalue weighted by molar-refractivity contribution is -0.384. The first kappa shape index (κ1) is 16.9. The van der Waals surface area contributed by atoms with Gasteiger partial charge in [0.2, 0.25) is 0 Å². The van der Waals surface area contributed by atoms with Gasteiger partial charge in [0.05, 0.1) is 11.0 Å². The minimum atomic E-state index is -0.544. The van der Waals surface area contributed by atoms with Gasteiger partial charge in [0.15, 0.2) is 6.61 Å². The average molecular weight is 329 g/mol. The molecule has 2 amide bonds. The summed E-state index contributed by atoms with van der Waals surface area (Å²) in [6.07, 6.45) is 0. The van der Waals surface area contributed by atoms with Crippen LogP contribution in [0.5, 0.6) is 5.75 Å². The molecule has 2 aromatic rings. The number of rotatable bonds is 6. The predicted octanol–water partition coefficient (Wildman–Crippen LogP) is 1.97. The van der Waals surface area contributed by atoms with Crippen LogP contribution in [0.2, 0.25) is 0 Å². The normalized spacial score (nSPS) is 9.88. The third kappa shape index (κ3) is 4.54. The van der Waals surface area contributed by atoms with Gasteiger partial charge < -0.3 is 15.4 Å². The summed E-state index contributed by atoms with van der Waals surface area (Å²) in [6, 6.07) is 12.0. The Morgan fingerprint density at radius 3 is 2.62 bits per heavy atom. The van der Waals surface area contributed by atoms with E-state index < -0.39 is 10.8 Å². The molecule has 2 rings (SSSR count). The van der Waals surface area contributed by atoms with Crippen LogP contribution in [0.15, 0.2) is 48.5 Å². The lowest BCUT2D eigenvalue weighted by Crippen LogP contribution is -2.21. The smallest absolute Gasteiger partial charge is 0.273 e. The molecule has 0 atom stereocenters. The zero-order chi connectivity index (χ0) is 17.5. The van der Waals surface area contributed by atoms with Crippen LogP contribution < -0.4 is 15.4 Å². The number of hydrogen-bond acceptors (Lipinski definition) is 5. The Hall–Kier alpha value is -3.42. The van der Waals surface area contributed by atoms with E-state index in [9.17, 15) is 19.7 Å². The number of ether oxygens (including phenoxy) is 1. The van der Waals surface area contributed by atoms with Crippen LogP contribution in [0.1, 0.15) is 10.4 Å². The molecule has 0 radical (unpaired) electrons. The van der Waals surface area contributed by atoms with Crippen molar-refractivity contribution in [3.63, 3.8) is 0 Å². The van der Waals surface area contributed by atoms with E-state index in [2.05, 4.69) is 10.6 Å². The molecule has 0 aromatic heterocycles.